The van der Waals surface area contributed by atoms with Crippen LogP contribution in [-0.2, 0) is 22.5 Å². The molecule has 0 amide bonds. The summed E-state index contributed by atoms with van der Waals surface area (Å²) in [5.74, 6) is 1.97. The minimum atomic E-state index is -0.437. The van der Waals surface area contributed by atoms with E-state index in [1.54, 1.807) is 11.8 Å². The van der Waals surface area contributed by atoms with Gasteiger partial charge in [0.05, 0.1) is 18.9 Å². The Hall–Kier alpha value is -1.86. The molecule has 134 valence electrons. The molecule has 1 aliphatic heterocycles. The Kier molecular flexibility index (Phi) is 5.75. The van der Waals surface area contributed by atoms with Gasteiger partial charge >= 0.3 is 5.97 Å². The van der Waals surface area contributed by atoms with E-state index in [1.807, 2.05) is 23.1 Å². The Balaban J connectivity index is 1.81. The lowest BCUT2D eigenvalue weighted by Crippen LogP contribution is -2.39. The second-order valence-corrected chi connectivity index (χ2v) is 7.61. The van der Waals surface area contributed by atoms with Crippen LogP contribution in [0.15, 0.2) is 28.8 Å². The van der Waals surface area contributed by atoms with Crippen molar-refractivity contribution in [2.75, 3.05) is 19.4 Å². The minimum Gasteiger partial charge on any atom is -0.468 e. The lowest BCUT2D eigenvalue weighted by Gasteiger charge is -2.34. The molecule has 1 aromatic carbocycles. The highest BCUT2D eigenvalue weighted by molar-refractivity contribution is 7.99. The third kappa shape index (κ3) is 3.88. The Bertz CT molecular complexity index is 734. The molecule has 0 saturated carbocycles. The second-order valence-electron chi connectivity index (χ2n) is 5.99. The first kappa shape index (κ1) is 17.9. The normalized spacial score (nSPS) is 18.6. The van der Waals surface area contributed by atoms with Gasteiger partial charge in [-0.25, -0.2) is 4.79 Å². The first-order valence-corrected chi connectivity index (χ1v) is 9.52. The number of rotatable bonds is 6. The van der Waals surface area contributed by atoms with Crippen molar-refractivity contribution in [3.8, 4) is 0 Å². The van der Waals surface area contributed by atoms with E-state index in [0.29, 0.717) is 18.3 Å². The molecule has 6 nitrogen and oxygen atoms in total. The molecule has 0 fully saturated rings. The molecule has 0 unspecified atom stereocenters. The smallest absolute Gasteiger partial charge is 0.327 e. The summed E-state index contributed by atoms with van der Waals surface area (Å²) >= 11 is 1.77. The number of ether oxygens (including phenoxy) is 1. The molecule has 0 saturated heterocycles. The maximum atomic E-state index is 12.4. The number of benzene rings is 1. The Morgan fingerprint density at radius 2 is 2.28 bits per heavy atom. The summed E-state index contributed by atoms with van der Waals surface area (Å²) in [4.78, 5) is 18.9. The quantitative estimate of drug-likeness (QED) is 0.732. The van der Waals surface area contributed by atoms with Crippen LogP contribution >= 0.6 is 11.8 Å². The zero-order valence-corrected chi connectivity index (χ0v) is 15.6. The van der Waals surface area contributed by atoms with Crippen molar-refractivity contribution in [3.05, 3.63) is 47.1 Å². The highest BCUT2D eigenvalue weighted by Gasteiger charge is 2.34. The van der Waals surface area contributed by atoms with E-state index in [4.69, 9.17) is 9.26 Å². The van der Waals surface area contributed by atoms with Gasteiger partial charge in [0.2, 0.25) is 5.89 Å². The fraction of sp³-hybridized carbons (Fsp3) is 0.500. The van der Waals surface area contributed by atoms with E-state index in [-0.39, 0.29) is 11.2 Å². The topological polar surface area (TPSA) is 68.5 Å². The lowest BCUT2D eigenvalue weighted by molar-refractivity contribution is -0.148. The van der Waals surface area contributed by atoms with Crippen molar-refractivity contribution in [3.63, 3.8) is 0 Å². The van der Waals surface area contributed by atoms with E-state index in [2.05, 4.69) is 30.1 Å². The van der Waals surface area contributed by atoms with Gasteiger partial charge in [-0.1, -0.05) is 36.3 Å². The number of fused-ring (bicyclic) bond motifs is 1. The van der Waals surface area contributed by atoms with Gasteiger partial charge in [-0.15, -0.1) is 0 Å². The van der Waals surface area contributed by atoms with Crippen LogP contribution in [0.5, 0.6) is 0 Å². The predicted molar refractivity (Wildman–Crippen MR) is 96.2 cm³/mol. The van der Waals surface area contributed by atoms with Crippen molar-refractivity contribution in [1.29, 1.82) is 0 Å². The number of carbonyl (C=O) groups excluding carboxylic acids is 1. The monoisotopic (exact) mass is 361 g/mol. The second kappa shape index (κ2) is 8.01. The first-order chi connectivity index (χ1) is 12.1. The Morgan fingerprint density at radius 3 is 3.04 bits per heavy atom. The van der Waals surface area contributed by atoms with Crippen molar-refractivity contribution in [2.24, 2.45) is 0 Å². The Labute approximate surface area is 151 Å². The molecule has 0 radical (unpaired) electrons. The minimum absolute atomic E-state index is 0.195. The first-order valence-electron chi connectivity index (χ1n) is 8.47. The summed E-state index contributed by atoms with van der Waals surface area (Å²) in [6, 6.07) is 7.57. The van der Waals surface area contributed by atoms with Crippen LogP contribution in [0.1, 0.15) is 48.0 Å². The van der Waals surface area contributed by atoms with Crippen LogP contribution < -0.4 is 0 Å². The van der Waals surface area contributed by atoms with Gasteiger partial charge in [0.25, 0.3) is 0 Å². The SMILES string of the molecule is CCS[C@@H](C)c1noc(CN2CCc3ccccc3[C@H]2C(=O)OC)n1. The molecule has 2 heterocycles. The number of nitrogens with zero attached hydrogens (tertiary/aromatic N) is 3. The number of hydrogen-bond acceptors (Lipinski definition) is 7. The van der Waals surface area contributed by atoms with E-state index in [9.17, 15) is 4.79 Å². The van der Waals surface area contributed by atoms with Crippen molar-refractivity contribution in [1.82, 2.24) is 15.0 Å². The Morgan fingerprint density at radius 1 is 1.48 bits per heavy atom. The molecular weight excluding hydrogens is 338 g/mol. The molecule has 2 atom stereocenters. The number of carbonyl (C=O) groups is 1. The molecule has 25 heavy (non-hydrogen) atoms. The van der Waals surface area contributed by atoms with Crippen LogP contribution in [0.2, 0.25) is 0 Å². The number of aromatic nitrogens is 2. The predicted octanol–water partition coefficient (Wildman–Crippen LogP) is 3.16. The molecule has 0 spiro atoms. The van der Waals surface area contributed by atoms with Crippen LogP contribution in [-0.4, -0.2) is 40.4 Å². The summed E-state index contributed by atoms with van der Waals surface area (Å²) in [5.41, 5.74) is 2.18. The highest BCUT2D eigenvalue weighted by Crippen LogP contribution is 2.32. The zero-order chi connectivity index (χ0) is 17.8. The van der Waals surface area contributed by atoms with E-state index in [0.717, 1.165) is 24.3 Å². The maximum Gasteiger partial charge on any atom is 0.327 e. The standard InChI is InChI=1S/C18H23N3O3S/c1-4-25-12(2)17-19-15(24-20-17)11-21-10-9-13-7-5-6-8-14(13)16(21)18(22)23-3/h5-8,12,16H,4,9-11H2,1-3H3/t12-,16-/m0/s1. The van der Waals surface area contributed by atoms with Crippen LogP contribution in [0, 0.1) is 0 Å². The maximum absolute atomic E-state index is 12.4. The number of esters is 1. The molecule has 0 bridgehead atoms. The third-order valence-corrected chi connectivity index (χ3v) is 5.45. The molecule has 0 aliphatic carbocycles. The number of thioether (sulfide) groups is 1. The van der Waals surface area contributed by atoms with E-state index < -0.39 is 6.04 Å². The van der Waals surface area contributed by atoms with Gasteiger partial charge in [-0.3, -0.25) is 4.90 Å². The lowest BCUT2D eigenvalue weighted by atomic mass is 9.92. The fourth-order valence-electron chi connectivity index (χ4n) is 3.17. The average molecular weight is 361 g/mol. The number of methoxy groups -OCH3 is 1. The molecule has 1 aliphatic rings. The van der Waals surface area contributed by atoms with Crippen LogP contribution in [0.3, 0.4) is 0 Å². The average Bonchev–Trinajstić information content (AvgIpc) is 3.10. The highest BCUT2D eigenvalue weighted by atomic mass is 32.2. The molecule has 3 rings (SSSR count). The van der Waals surface area contributed by atoms with Gasteiger partial charge in [0.15, 0.2) is 5.82 Å². The third-order valence-electron chi connectivity index (χ3n) is 4.41. The molecule has 0 N–H and O–H groups in total. The van der Waals surface area contributed by atoms with Gasteiger partial charge in [-0.05, 0) is 30.2 Å². The molecule has 2 aromatic rings. The van der Waals surface area contributed by atoms with E-state index in [1.165, 1.54) is 12.7 Å². The molecular formula is C18H23N3O3S. The fourth-order valence-corrected chi connectivity index (χ4v) is 3.92. The summed E-state index contributed by atoms with van der Waals surface area (Å²) in [5, 5.41) is 4.28. The van der Waals surface area contributed by atoms with Gasteiger partial charge in [-0.2, -0.15) is 16.7 Å². The van der Waals surface area contributed by atoms with Crippen molar-refractivity contribution < 1.29 is 14.1 Å². The van der Waals surface area contributed by atoms with Gasteiger partial charge < -0.3 is 9.26 Å². The molecule has 7 heteroatoms. The largest absolute Gasteiger partial charge is 0.468 e. The van der Waals surface area contributed by atoms with Crippen LogP contribution in [0.4, 0.5) is 0 Å². The summed E-state index contributed by atoms with van der Waals surface area (Å²) in [6.07, 6.45) is 0.882. The summed E-state index contributed by atoms with van der Waals surface area (Å²) < 4.78 is 10.5. The van der Waals surface area contributed by atoms with Crippen molar-refractivity contribution >= 4 is 17.7 Å². The molecule has 1 aromatic heterocycles. The number of hydrogen-bond donors (Lipinski definition) is 0. The summed E-state index contributed by atoms with van der Waals surface area (Å²) in [6.45, 7) is 5.35. The van der Waals surface area contributed by atoms with Crippen molar-refractivity contribution in [2.45, 2.75) is 38.1 Å². The summed E-state index contributed by atoms with van der Waals surface area (Å²) in [7, 11) is 1.42. The van der Waals surface area contributed by atoms with Gasteiger partial charge in [0, 0.05) is 6.54 Å². The van der Waals surface area contributed by atoms with E-state index >= 15 is 0 Å². The van der Waals surface area contributed by atoms with Crippen LogP contribution in [0.25, 0.3) is 0 Å². The zero-order valence-electron chi connectivity index (χ0n) is 14.8. The van der Waals surface area contributed by atoms with Gasteiger partial charge in [0.1, 0.15) is 6.04 Å².